The van der Waals surface area contributed by atoms with Crippen molar-refractivity contribution in [2.75, 3.05) is 36.0 Å². The quantitative estimate of drug-likeness (QED) is 0.570. The number of hydrogen-bond acceptors (Lipinski definition) is 5. The van der Waals surface area contributed by atoms with Crippen LogP contribution in [0.4, 0.5) is 17.2 Å². The molecule has 0 bridgehead atoms. The molecule has 2 heterocycles. The number of benzene rings is 2. The molecule has 1 aliphatic heterocycles. The summed E-state index contributed by atoms with van der Waals surface area (Å²) in [7, 11) is 0. The molecule has 1 N–H and O–H groups in total. The number of rotatable bonds is 4. The molecule has 1 aliphatic rings. The number of nitrogens with zero attached hydrogens (tertiary/aromatic N) is 4. The Morgan fingerprint density at radius 2 is 1.63 bits per heavy atom. The highest BCUT2D eigenvalue weighted by atomic mass is 16.1. The van der Waals surface area contributed by atoms with Gasteiger partial charge in [0, 0.05) is 37.4 Å². The summed E-state index contributed by atoms with van der Waals surface area (Å²) in [5.41, 5.74) is 4.67. The molecule has 0 amide bonds. The number of hydrogen-bond donors (Lipinski definition) is 1. The number of anilines is 2. The van der Waals surface area contributed by atoms with E-state index < -0.39 is 0 Å². The molecule has 6 nitrogen and oxygen atoms in total. The molecule has 0 saturated carbocycles. The number of H-pyrrole nitrogens is 1. The molecule has 4 rings (SSSR count). The number of aromatic amines is 1. The molecule has 0 radical (unpaired) electrons. The van der Waals surface area contributed by atoms with Crippen LogP contribution < -0.4 is 9.80 Å². The van der Waals surface area contributed by atoms with E-state index in [2.05, 4.69) is 49.3 Å². The molecule has 0 unspecified atom stereocenters. The molecule has 0 spiro atoms. The van der Waals surface area contributed by atoms with Crippen molar-refractivity contribution in [3.05, 3.63) is 60.2 Å². The number of nitrogens with one attached hydrogen (secondary N) is 1. The molecule has 2 aromatic carbocycles. The van der Waals surface area contributed by atoms with Crippen molar-refractivity contribution in [1.82, 2.24) is 10.2 Å². The molecule has 0 aliphatic carbocycles. The molecule has 1 aromatic heterocycles. The molecule has 3 aromatic rings. The van der Waals surface area contributed by atoms with Gasteiger partial charge in [-0.05, 0) is 19.1 Å². The molecular formula is C21H21N5O. The fourth-order valence-electron chi connectivity index (χ4n) is 3.44. The van der Waals surface area contributed by atoms with E-state index in [9.17, 15) is 4.79 Å². The lowest BCUT2D eigenvalue weighted by atomic mass is 10.1. The zero-order valence-electron chi connectivity index (χ0n) is 15.2. The Bertz CT molecular complexity index is 950. The van der Waals surface area contributed by atoms with Crippen molar-refractivity contribution in [2.24, 2.45) is 4.99 Å². The van der Waals surface area contributed by atoms with Crippen LogP contribution in [0.3, 0.4) is 0 Å². The van der Waals surface area contributed by atoms with E-state index in [1.54, 1.807) is 6.08 Å². The SMILES string of the molecule is Cc1ccc(-c2[nH]nc(N3CCN(c4ccccc4)CC3)c2N=C=O)cc1. The normalized spacial score (nSPS) is 14.1. The lowest BCUT2D eigenvalue weighted by molar-refractivity contribution is 0.565. The van der Waals surface area contributed by atoms with Gasteiger partial charge in [-0.2, -0.15) is 10.1 Å². The highest BCUT2D eigenvalue weighted by molar-refractivity contribution is 5.82. The van der Waals surface area contributed by atoms with Crippen LogP contribution in [-0.2, 0) is 4.79 Å². The summed E-state index contributed by atoms with van der Waals surface area (Å²) in [5, 5.41) is 7.52. The molecule has 1 fully saturated rings. The molecule has 6 heteroatoms. The van der Waals surface area contributed by atoms with Crippen LogP contribution in [0.25, 0.3) is 11.3 Å². The predicted molar refractivity (Wildman–Crippen MR) is 107 cm³/mol. The maximum absolute atomic E-state index is 11.0. The maximum atomic E-state index is 11.0. The van der Waals surface area contributed by atoms with Gasteiger partial charge in [0.15, 0.2) is 5.82 Å². The number of aryl methyl sites for hydroxylation is 1. The Hall–Kier alpha value is -3.37. The number of carbonyl (C=O) groups excluding carboxylic acids is 1. The predicted octanol–water partition coefficient (Wildman–Crippen LogP) is 3.68. The minimum absolute atomic E-state index is 0.557. The zero-order valence-corrected chi connectivity index (χ0v) is 15.2. The van der Waals surface area contributed by atoms with Crippen LogP contribution in [0.2, 0.25) is 0 Å². The number of isocyanates is 1. The lowest BCUT2D eigenvalue weighted by Crippen LogP contribution is -2.46. The van der Waals surface area contributed by atoms with Gasteiger partial charge in [0.2, 0.25) is 6.08 Å². The fourth-order valence-corrected chi connectivity index (χ4v) is 3.44. The van der Waals surface area contributed by atoms with E-state index in [1.807, 2.05) is 37.3 Å². The molecule has 136 valence electrons. The zero-order chi connectivity index (χ0) is 18.6. The van der Waals surface area contributed by atoms with Crippen molar-refractivity contribution in [3.8, 4) is 11.3 Å². The first-order valence-electron chi connectivity index (χ1n) is 9.04. The first-order chi connectivity index (χ1) is 13.3. The summed E-state index contributed by atoms with van der Waals surface area (Å²) >= 11 is 0. The second-order valence-corrected chi connectivity index (χ2v) is 6.65. The van der Waals surface area contributed by atoms with Crippen LogP contribution in [0.15, 0.2) is 59.6 Å². The van der Waals surface area contributed by atoms with Gasteiger partial charge in [0.25, 0.3) is 0 Å². The minimum Gasteiger partial charge on any atom is -0.368 e. The minimum atomic E-state index is 0.557. The molecular weight excluding hydrogens is 338 g/mol. The van der Waals surface area contributed by atoms with E-state index >= 15 is 0 Å². The summed E-state index contributed by atoms with van der Waals surface area (Å²) in [6, 6.07) is 18.5. The van der Waals surface area contributed by atoms with E-state index in [0.29, 0.717) is 11.5 Å². The lowest BCUT2D eigenvalue weighted by Gasteiger charge is -2.36. The number of aliphatic imine (C=N–C) groups is 1. The second-order valence-electron chi connectivity index (χ2n) is 6.65. The first-order valence-corrected chi connectivity index (χ1v) is 9.04. The van der Waals surface area contributed by atoms with Gasteiger partial charge in [-0.1, -0.05) is 48.0 Å². The summed E-state index contributed by atoms with van der Waals surface area (Å²) in [6.45, 7) is 5.45. The van der Waals surface area contributed by atoms with Gasteiger partial charge >= 0.3 is 0 Å². The van der Waals surface area contributed by atoms with Crippen molar-refractivity contribution in [3.63, 3.8) is 0 Å². The smallest absolute Gasteiger partial charge is 0.240 e. The largest absolute Gasteiger partial charge is 0.368 e. The molecule has 0 atom stereocenters. The number of aromatic nitrogens is 2. The van der Waals surface area contributed by atoms with Crippen LogP contribution >= 0.6 is 0 Å². The maximum Gasteiger partial charge on any atom is 0.240 e. The van der Waals surface area contributed by atoms with E-state index in [1.165, 1.54) is 11.3 Å². The summed E-state index contributed by atoms with van der Waals surface area (Å²) in [4.78, 5) is 19.5. The molecule has 1 saturated heterocycles. The standard InChI is InChI=1S/C21H21N5O/c1-16-7-9-17(10-8-16)19-20(22-15-27)21(24-23-19)26-13-11-25(12-14-26)18-5-3-2-4-6-18/h2-10H,11-14H2,1H3,(H,23,24). The van der Waals surface area contributed by atoms with E-state index in [0.717, 1.165) is 37.4 Å². The van der Waals surface area contributed by atoms with Crippen LogP contribution in [-0.4, -0.2) is 42.5 Å². The Morgan fingerprint density at radius 1 is 0.963 bits per heavy atom. The third kappa shape index (κ3) is 3.48. The van der Waals surface area contributed by atoms with Crippen molar-refractivity contribution < 1.29 is 4.79 Å². The Morgan fingerprint density at radius 3 is 2.30 bits per heavy atom. The van der Waals surface area contributed by atoms with Crippen LogP contribution in [0.5, 0.6) is 0 Å². The summed E-state index contributed by atoms with van der Waals surface area (Å²) in [6.07, 6.45) is 1.68. The Kier molecular flexibility index (Phi) is 4.73. The highest BCUT2D eigenvalue weighted by Gasteiger charge is 2.24. The Balaban J connectivity index is 1.58. The van der Waals surface area contributed by atoms with E-state index in [-0.39, 0.29) is 0 Å². The third-order valence-corrected chi connectivity index (χ3v) is 4.92. The number of para-hydroxylation sites is 1. The van der Waals surface area contributed by atoms with Crippen LogP contribution in [0, 0.1) is 6.92 Å². The average molecular weight is 359 g/mol. The summed E-state index contributed by atoms with van der Waals surface area (Å²) < 4.78 is 0. The van der Waals surface area contributed by atoms with Crippen molar-refractivity contribution in [2.45, 2.75) is 6.92 Å². The monoisotopic (exact) mass is 359 g/mol. The average Bonchev–Trinajstić information content (AvgIpc) is 3.13. The number of piperazine rings is 1. The van der Waals surface area contributed by atoms with Crippen LogP contribution in [0.1, 0.15) is 5.56 Å². The second kappa shape index (κ2) is 7.48. The first kappa shape index (κ1) is 17.1. The van der Waals surface area contributed by atoms with E-state index in [4.69, 9.17) is 0 Å². The van der Waals surface area contributed by atoms with Gasteiger partial charge in [0.05, 0.1) is 5.69 Å². The van der Waals surface area contributed by atoms with Gasteiger partial charge in [-0.15, -0.1) is 0 Å². The van der Waals surface area contributed by atoms with Gasteiger partial charge in [-0.3, -0.25) is 5.10 Å². The fraction of sp³-hybridized carbons (Fsp3) is 0.238. The highest BCUT2D eigenvalue weighted by Crippen LogP contribution is 2.37. The molecule has 27 heavy (non-hydrogen) atoms. The Labute approximate surface area is 158 Å². The van der Waals surface area contributed by atoms with Gasteiger partial charge in [0.1, 0.15) is 5.69 Å². The topological polar surface area (TPSA) is 64.6 Å². The van der Waals surface area contributed by atoms with Gasteiger partial charge < -0.3 is 9.80 Å². The summed E-state index contributed by atoms with van der Waals surface area (Å²) in [5.74, 6) is 0.710. The van der Waals surface area contributed by atoms with Crippen molar-refractivity contribution >= 4 is 23.3 Å². The third-order valence-electron chi connectivity index (χ3n) is 4.92. The van der Waals surface area contributed by atoms with Gasteiger partial charge in [-0.25, -0.2) is 4.79 Å². The van der Waals surface area contributed by atoms with Crippen molar-refractivity contribution in [1.29, 1.82) is 0 Å².